The summed E-state index contributed by atoms with van der Waals surface area (Å²) in [5, 5.41) is 3.57. The average molecular weight is 237 g/mol. The maximum Gasteiger partial charge on any atom is -0.00489 e. The lowest BCUT2D eigenvalue weighted by molar-refractivity contribution is 0.549. The average Bonchev–Trinajstić information content (AvgIpc) is 2.35. The Morgan fingerprint density at radius 3 is 1.41 bits per heavy atom. The van der Waals surface area contributed by atoms with Gasteiger partial charge < -0.3 is 5.32 Å². The number of nitrogens with one attached hydrogen (secondary N) is 1. The van der Waals surface area contributed by atoms with Crippen LogP contribution in [-0.2, 0) is 0 Å². The zero-order chi connectivity index (χ0) is 12.0. The highest BCUT2D eigenvalue weighted by molar-refractivity contribution is 4.81. The van der Waals surface area contributed by atoms with E-state index in [4.69, 9.17) is 0 Å². The molecule has 0 bridgehead atoms. The van der Waals surface area contributed by atoms with Crippen LogP contribution < -0.4 is 5.32 Å². The van der Waals surface area contributed by atoms with Crippen LogP contribution >= 0.6 is 0 Å². The molecule has 0 aliphatic carbocycles. The second-order valence-electron chi connectivity index (χ2n) is 5.33. The zero-order valence-electron chi connectivity index (χ0n) is 11.6. The van der Waals surface area contributed by atoms with E-state index < -0.39 is 0 Å². The molecule has 0 amide bonds. The van der Waals surface area contributed by atoms with Gasteiger partial charge in [-0.2, -0.15) is 0 Å². The summed E-state index contributed by atoms with van der Waals surface area (Å²) in [7, 11) is 0. The van der Waals surface area contributed by atoms with Gasteiger partial charge in [0.2, 0.25) is 0 Å². The van der Waals surface area contributed by atoms with Crippen molar-refractivity contribution in [2.75, 3.05) is 13.1 Å². The predicted octanol–water partition coefficient (Wildman–Crippen LogP) is 4.83. The van der Waals surface area contributed by atoms with E-state index >= 15 is 0 Å². The summed E-state index contributed by atoms with van der Waals surface area (Å²) in [4.78, 5) is 0. The maximum absolute atomic E-state index is 3.57. The molecule has 0 spiro atoms. The van der Waals surface area contributed by atoms with Crippen LogP contribution in [0.15, 0.2) is 12.2 Å². The van der Waals surface area contributed by atoms with E-state index in [1.807, 2.05) is 0 Å². The van der Waals surface area contributed by atoms with Crippen molar-refractivity contribution in [1.29, 1.82) is 0 Å². The molecule has 1 nitrogen and oxygen atoms in total. The Hall–Kier alpha value is -0.300. The molecule has 0 aromatic rings. The first-order valence-electron chi connectivity index (χ1n) is 7.86. The smallest absolute Gasteiger partial charge is 0.00489 e. The molecule has 0 unspecified atom stereocenters. The Kier molecular flexibility index (Phi) is 10.6. The third-order valence-corrected chi connectivity index (χ3v) is 3.62. The van der Waals surface area contributed by atoms with Crippen LogP contribution in [0.3, 0.4) is 0 Å². The topological polar surface area (TPSA) is 12.0 Å². The molecule has 1 aliphatic heterocycles. The van der Waals surface area contributed by atoms with Gasteiger partial charge in [-0.15, -0.1) is 0 Å². The van der Waals surface area contributed by atoms with Crippen LogP contribution in [0, 0.1) is 0 Å². The van der Waals surface area contributed by atoms with Gasteiger partial charge >= 0.3 is 0 Å². The molecular formula is C16H31N. The lowest BCUT2D eigenvalue weighted by atomic mass is 10.1. The van der Waals surface area contributed by atoms with Gasteiger partial charge in [-0.25, -0.2) is 0 Å². The Morgan fingerprint density at radius 1 is 0.471 bits per heavy atom. The van der Waals surface area contributed by atoms with Crippen LogP contribution in [0.1, 0.15) is 77.0 Å². The first-order chi connectivity index (χ1) is 8.50. The van der Waals surface area contributed by atoms with Crippen LogP contribution in [0.5, 0.6) is 0 Å². The van der Waals surface area contributed by atoms with E-state index in [-0.39, 0.29) is 0 Å². The molecule has 1 aliphatic rings. The first kappa shape index (κ1) is 14.8. The molecule has 1 rings (SSSR count). The van der Waals surface area contributed by atoms with Crippen molar-refractivity contribution >= 4 is 0 Å². The molecule has 0 saturated heterocycles. The summed E-state index contributed by atoms with van der Waals surface area (Å²) in [6, 6.07) is 0. The van der Waals surface area contributed by atoms with Crippen molar-refractivity contribution in [3.05, 3.63) is 12.2 Å². The Balaban J connectivity index is 2.07. The second-order valence-corrected chi connectivity index (χ2v) is 5.33. The van der Waals surface area contributed by atoms with E-state index in [2.05, 4.69) is 17.5 Å². The van der Waals surface area contributed by atoms with Crippen molar-refractivity contribution in [2.45, 2.75) is 77.0 Å². The molecule has 100 valence electrons. The van der Waals surface area contributed by atoms with Gasteiger partial charge in [0.15, 0.2) is 0 Å². The summed E-state index contributed by atoms with van der Waals surface area (Å²) < 4.78 is 0. The summed E-state index contributed by atoms with van der Waals surface area (Å²) in [6.45, 7) is 2.47. The van der Waals surface area contributed by atoms with Gasteiger partial charge in [0, 0.05) is 0 Å². The number of hydrogen-bond acceptors (Lipinski definition) is 1. The van der Waals surface area contributed by atoms with E-state index in [0.717, 1.165) is 0 Å². The highest BCUT2D eigenvalue weighted by Crippen LogP contribution is 2.08. The summed E-state index contributed by atoms with van der Waals surface area (Å²) in [5.74, 6) is 0. The molecule has 0 saturated carbocycles. The van der Waals surface area contributed by atoms with Crippen molar-refractivity contribution in [3.8, 4) is 0 Å². The van der Waals surface area contributed by atoms with Crippen LogP contribution in [0.2, 0.25) is 0 Å². The van der Waals surface area contributed by atoms with Gasteiger partial charge in [0.1, 0.15) is 0 Å². The van der Waals surface area contributed by atoms with E-state index in [9.17, 15) is 0 Å². The molecule has 1 heteroatoms. The summed E-state index contributed by atoms with van der Waals surface area (Å²) >= 11 is 0. The first-order valence-corrected chi connectivity index (χ1v) is 7.86. The van der Waals surface area contributed by atoms with Crippen LogP contribution in [0.25, 0.3) is 0 Å². The van der Waals surface area contributed by atoms with Crippen LogP contribution in [0.4, 0.5) is 0 Å². The zero-order valence-corrected chi connectivity index (χ0v) is 11.6. The monoisotopic (exact) mass is 237 g/mol. The maximum atomic E-state index is 3.57. The van der Waals surface area contributed by atoms with E-state index in [0.29, 0.717) is 0 Å². The molecule has 1 N–H and O–H groups in total. The molecule has 0 atom stereocenters. The summed E-state index contributed by atoms with van der Waals surface area (Å²) in [6.07, 6.45) is 21.5. The van der Waals surface area contributed by atoms with Crippen molar-refractivity contribution < 1.29 is 0 Å². The van der Waals surface area contributed by atoms with Crippen molar-refractivity contribution in [1.82, 2.24) is 5.32 Å². The molecule has 0 aromatic heterocycles. The fourth-order valence-electron chi connectivity index (χ4n) is 2.45. The number of allylic oxidation sites excluding steroid dienone is 2. The minimum absolute atomic E-state index is 1.24. The Bertz CT molecular complexity index is 156. The van der Waals surface area contributed by atoms with Gasteiger partial charge in [-0.05, 0) is 51.6 Å². The molecule has 1 heterocycles. The Morgan fingerprint density at radius 2 is 0.882 bits per heavy atom. The normalized spacial score (nSPS) is 24.9. The second kappa shape index (κ2) is 12.2. The van der Waals surface area contributed by atoms with Gasteiger partial charge in [-0.3, -0.25) is 0 Å². The van der Waals surface area contributed by atoms with E-state index in [1.165, 1.54) is 90.1 Å². The van der Waals surface area contributed by atoms with Crippen LogP contribution in [-0.4, -0.2) is 13.1 Å². The van der Waals surface area contributed by atoms with Gasteiger partial charge in [0.05, 0.1) is 0 Å². The summed E-state index contributed by atoms with van der Waals surface area (Å²) in [5.41, 5.74) is 0. The van der Waals surface area contributed by atoms with Gasteiger partial charge in [0.25, 0.3) is 0 Å². The highest BCUT2D eigenvalue weighted by atomic mass is 14.8. The lowest BCUT2D eigenvalue weighted by Gasteiger charge is -2.04. The number of hydrogen-bond donors (Lipinski definition) is 1. The van der Waals surface area contributed by atoms with E-state index in [1.54, 1.807) is 0 Å². The van der Waals surface area contributed by atoms with Gasteiger partial charge in [-0.1, -0.05) is 50.7 Å². The number of rotatable bonds is 0. The minimum atomic E-state index is 1.24. The fraction of sp³-hybridized carbons (Fsp3) is 0.875. The quantitative estimate of drug-likeness (QED) is 0.595. The largest absolute Gasteiger partial charge is 0.317 e. The molecular weight excluding hydrogens is 206 g/mol. The molecule has 0 radical (unpaired) electrons. The third kappa shape index (κ3) is 10.6. The Labute approximate surface area is 108 Å². The lowest BCUT2D eigenvalue weighted by Crippen LogP contribution is -2.16. The SMILES string of the molecule is C1=C\CCCCCCCNCCCCCCC/1. The van der Waals surface area contributed by atoms with Crippen molar-refractivity contribution in [3.63, 3.8) is 0 Å². The minimum Gasteiger partial charge on any atom is -0.317 e. The third-order valence-electron chi connectivity index (χ3n) is 3.62. The molecule has 0 aromatic carbocycles. The molecule has 0 fully saturated rings. The highest BCUT2D eigenvalue weighted by Gasteiger charge is 1.93. The predicted molar refractivity (Wildman–Crippen MR) is 77.4 cm³/mol. The fourth-order valence-corrected chi connectivity index (χ4v) is 2.45. The standard InChI is InChI=1S/C16H31N/c1-2-4-6-8-10-12-14-16-17-15-13-11-9-7-5-3-1/h1-2,17H,3-16H2/b2-1-. The van der Waals surface area contributed by atoms with Crippen molar-refractivity contribution in [2.24, 2.45) is 0 Å². The molecule has 17 heavy (non-hydrogen) atoms.